The number of amides is 2. The van der Waals surface area contributed by atoms with Gasteiger partial charge in [-0.15, -0.1) is 4.91 Å². The predicted octanol–water partition coefficient (Wildman–Crippen LogP) is 2.65. The van der Waals surface area contributed by atoms with E-state index in [0.29, 0.717) is 0 Å². The van der Waals surface area contributed by atoms with E-state index in [2.05, 4.69) is 10.2 Å². The Balaban J connectivity index is 1.79. The van der Waals surface area contributed by atoms with E-state index in [1.807, 2.05) is 0 Å². The number of carbonyl (C=O) groups excluding carboxylic acids is 2. The van der Waals surface area contributed by atoms with Crippen molar-refractivity contribution in [2.75, 3.05) is 11.4 Å². The molecule has 0 aliphatic carbocycles. The van der Waals surface area contributed by atoms with Crippen molar-refractivity contribution in [3.63, 3.8) is 0 Å². The Morgan fingerprint density at radius 2 is 2.11 bits per heavy atom. The summed E-state index contributed by atoms with van der Waals surface area (Å²) in [6, 6.07) is 8.08. The van der Waals surface area contributed by atoms with Gasteiger partial charge >= 0.3 is 6.09 Å². The summed E-state index contributed by atoms with van der Waals surface area (Å²) in [5, 5.41) is 2.29. The molecule has 2 aromatic rings. The molecule has 0 N–H and O–H groups in total. The van der Waals surface area contributed by atoms with E-state index in [1.165, 1.54) is 41.4 Å². The minimum atomic E-state index is -0.818. The Labute approximate surface area is 152 Å². The SMILES string of the molecule is O=NC(=O)CCC1CN(c2ccc(-c3cc(=O)cccn3)c(F)c2)C(=O)O1. The summed E-state index contributed by atoms with van der Waals surface area (Å²) in [6.45, 7) is 0.118. The Bertz CT molecular complexity index is 966. The number of halogens is 1. The zero-order valence-corrected chi connectivity index (χ0v) is 14.0. The van der Waals surface area contributed by atoms with Crippen molar-refractivity contribution in [2.24, 2.45) is 5.18 Å². The van der Waals surface area contributed by atoms with Gasteiger partial charge in [0.15, 0.2) is 5.43 Å². The number of nitrogens with zero attached hydrogens (tertiary/aromatic N) is 3. The molecule has 3 rings (SSSR count). The largest absolute Gasteiger partial charge is 0.444 e. The minimum Gasteiger partial charge on any atom is -0.444 e. The van der Waals surface area contributed by atoms with Gasteiger partial charge in [0.05, 0.1) is 17.9 Å². The molecule has 1 saturated heterocycles. The molecule has 0 spiro atoms. The average Bonchev–Trinajstić information content (AvgIpc) is 2.88. The average molecular weight is 371 g/mol. The standard InChI is InChI=1S/C18H14FN3O5/c19-15-8-11(3-5-14(15)16-9-12(23)2-1-7-20-16)22-10-13(27-18(22)25)4-6-17(24)21-26/h1-3,5,7-9,13H,4,6,10H2. The van der Waals surface area contributed by atoms with Gasteiger partial charge in [-0.1, -0.05) is 0 Å². The van der Waals surface area contributed by atoms with Gasteiger partial charge in [-0.25, -0.2) is 9.18 Å². The van der Waals surface area contributed by atoms with Gasteiger partial charge < -0.3 is 4.74 Å². The lowest BCUT2D eigenvalue weighted by Crippen LogP contribution is -2.24. The number of ether oxygens (including phenoxy) is 1. The van der Waals surface area contributed by atoms with E-state index in [4.69, 9.17) is 4.74 Å². The summed E-state index contributed by atoms with van der Waals surface area (Å²) in [5.41, 5.74) is 0.261. The lowest BCUT2D eigenvalue weighted by molar-refractivity contribution is -0.118. The van der Waals surface area contributed by atoms with Crippen molar-refractivity contribution < 1.29 is 18.7 Å². The van der Waals surface area contributed by atoms with Crippen LogP contribution in [0, 0.1) is 10.7 Å². The normalized spacial score (nSPS) is 16.1. The van der Waals surface area contributed by atoms with Crippen LogP contribution in [0.5, 0.6) is 0 Å². The lowest BCUT2D eigenvalue weighted by atomic mass is 10.1. The number of cyclic esters (lactones) is 1. The van der Waals surface area contributed by atoms with Crippen molar-refractivity contribution >= 4 is 17.7 Å². The summed E-state index contributed by atoms with van der Waals surface area (Å²) < 4.78 is 19.7. The number of nitroso groups, excluding NO2 is 1. The first-order valence-electron chi connectivity index (χ1n) is 8.08. The Kier molecular flexibility index (Phi) is 5.30. The van der Waals surface area contributed by atoms with E-state index >= 15 is 0 Å². The zero-order chi connectivity index (χ0) is 19.4. The van der Waals surface area contributed by atoms with E-state index < -0.39 is 23.9 Å². The van der Waals surface area contributed by atoms with E-state index in [1.54, 1.807) is 0 Å². The minimum absolute atomic E-state index is 0.118. The molecule has 1 aliphatic heterocycles. The van der Waals surface area contributed by atoms with Gasteiger partial charge in [-0.3, -0.25) is 19.5 Å². The van der Waals surface area contributed by atoms with Gasteiger partial charge in [0.1, 0.15) is 11.9 Å². The van der Waals surface area contributed by atoms with Crippen molar-refractivity contribution in [2.45, 2.75) is 18.9 Å². The topological polar surface area (TPSA) is 106 Å². The van der Waals surface area contributed by atoms with Gasteiger partial charge in [-0.2, -0.15) is 0 Å². The second-order valence-electron chi connectivity index (χ2n) is 5.87. The summed E-state index contributed by atoms with van der Waals surface area (Å²) in [6.07, 6.45) is 0.150. The molecule has 8 nitrogen and oxygen atoms in total. The number of aromatic nitrogens is 1. The third-order valence-electron chi connectivity index (χ3n) is 4.04. The monoisotopic (exact) mass is 371 g/mol. The molecule has 1 fully saturated rings. The molecule has 138 valence electrons. The molecule has 2 heterocycles. The first kappa shape index (κ1) is 18.3. The third-order valence-corrected chi connectivity index (χ3v) is 4.04. The molecular formula is C18H14FN3O5. The maximum atomic E-state index is 14.6. The zero-order valence-electron chi connectivity index (χ0n) is 14.0. The highest BCUT2D eigenvalue weighted by atomic mass is 19.1. The fourth-order valence-corrected chi connectivity index (χ4v) is 2.72. The summed E-state index contributed by atoms with van der Waals surface area (Å²) in [5.74, 6) is -1.47. The van der Waals surface area contributed by atoms with Crippen LogP contribution >= 0.6 is 0 Å². The Morgan fingerprint density at radius 3 is 2.85 bits per heavy atom. The summed E-state index contributed by atoms with van der Waals surface area (Å²) in [7, 11) is 0. The van der Waals surface area contributed by atoms with Gasteiger partial charge in [-0.05, 0) is 36.8 Å². The van der Waals surface area contributed by atoms with Crippen LogP contribution in [0.2, 0.25) is 0 Å². The number of benzene rings is 1. The fraction of sp³-hybridized carbons (Fsp3) is 0.222. The first-order chi connectivity index (χ1) is 13.0. The number of rotatable bonds is 5. The predicted molar refractivity (Wildman–Crippen MR) is 93.6 cm³/mol. The maximum absolute atomic E-state index is 14.6. The molecule has 9 heteroatoms. The number of anilines is 1. The van der Waals surface area contributed by atoms with E-state index in [0.717, 1.165) is 6.07 Å². The molecule has 2 amide bonds. The summed E-state index contributed by atoms with van der Waals surface area (Å²) >= 11 is 0. The van der Waals surface area contributed by atoms with Gasteiger partial charge in [0.25, 0.3) is 5.91 Å². The second kappa shape index (κ2) is 7.81. The van der Waals surface area contributed by atoms with Crippen LogP contribution in [0.1, 0.15) is 12.8 Å². The number of hydrogen-bond acceptors (Lipinski definition) is 6. The smallest absolute Gasteiger partial charge is 0.414 e. The Hall–Kier alpha value is -3.49. The van der Waals surface area contributed by atoms with Crippen LogP contribution in [-0.2, 0) is 9.53 Å². The highest BCUT2D eigenvalue weighted by Gasteiger charge is 2.33. The third kappa shape index (κ3) is 4.20. The maximum Gasteiger partial charge on any atom is 0.414 e. The second-order valence-corrected chi connectivity index (χ2v) is 5.87. The highest BCUT2D eigenvalue weighted by molar-refractivity contribution is 5.90. The fourth-order valence-electron chi connectivity index (χ4n) is 2.72. The molecule has 1 aliphatic rings. The molecule has 1 unspecified atom stereocenters. The van der Waals surface area contributed by atoms with E-state index in [9.17, 15) is 23.7 Å². The van der Waals surface area contributed by atoms with Gasteiger partial charge in [0, 0.05) is 29.4 Å². The van der Waals surface area contributed by atoms with Crippen LogP contribution in [0.3, 0.4) is 0 Å². The van der Waals surface area contributed by atoms with E-state index in [-0.39, 0.29) is 41.8 Å². The van der Waals surface area contributed by atoms with Crippen LogP contribution < -0.4 is 10.3 Å². The molecule has 27 heavy (non-hydrogen) atoms. The molecule has 1 atom stereocenters. The highest BCUT2D eigenvalue weighted by Crippen LogP contribution is 2.28. The molecular weight excluding hydrogens is 357 g/mol. The quantitative estimate of drug-likeness (QED) is 0.748. The van der Waals surface area contributed by atoms with Crippen molar-refractivity contribution in [3.05, 3.63) is 63.5 Å². The van der Waals surface area contributed by atoms with Crippen LogP contribution in [0.25, 0.3) is 11.3 Å². The Morgan fingerprint density at radius 1 is 1.30 bits per heavy atom. The molecule has 1 aromatic heterocycles. The molecule has 0 radical (unpaired) electrons. The molecule has 0 saturated carbocycles. The number of hydrogen-bond donors (Lipinski definition) is 0. The van der Waals surface area contributed by atoms with Crippen molar-refractivity contribution in [3.8, 4) is 11.3 Å². The molecule has 1 aromatic carbocycles. The number of carbonyl (C=O) groups is 2. The first-order valence-corrected chi connectivity index (χ1v) is 8.08. The van der Waals surface area contributed by atoms with Crippen molar-refractivity contribution in [1.29, 1.82) is 0 Å². The summed E-state index contributed by atoms with van der Waals surface area (Å²) in [4.78, 5) is 49.9. The van der Waals surface area contributed by atoms with Crippen LogP contribution in [-0.4, -0.2) is 29.6 Å². The van der Waals surface area contributed by atoms with Crippen LogP contribution in [0.4, 0.5) is 14.9 Å². The van der Waals surface area contributed by atoms with Gasteiger partial charge in [0.2, 0.25) is 0 Å². The lowest BCUT2D eigenvalue weighted by Gasteiger charge is -2.14. The van der Waals surface area contributed by atoms with Crippen molar-refractivity contribution in [1.82, 2.24) is 4.98 Å². The molecule has 0 bridgehead atoms. The van der Waals surface area contributed by atoms with Crippen LogP contribution in [0.15, 0.2) is 52.6 Å².